The average molecular weight is 360 g/mol. The Kier molecular flexibility index (Phi) is 3.39. The quantitative estimate of drug-likeness (QED) is 0.532. The molecule has 0 radical (unpaired) electrons. The van der Waals surface area contributed by atoms with Crippen molar-refractivity contribution < 1.29 is 8.81 Å². The lowest BCUT2D eigenvalue weighted by Gasteiger charge is -2.05. The Balaban J connectivity index is 1.60. The third-order valence-corrected chi connectivity index (χ3v) is 4.59. The van der Waals surface area contributed by atoms with Crippen LogP contribution in [0.25, 0.3) is 33.3 Å². The van der Waals surface area contributed by atoms with Crippen molar-refractivity contribution in [3.63, 3.8) is 0 Å². The summed E-state index contributed by atoms with van der Waals surface area (Å²) in [6.07, 6.45) is 3.42. The molecule has 132 valence electrons. The van der Waals surface area contributed by atoms with E-state index < -0.39 is 5.76 Å². The number of benzene rings is 2. The maximum atomic E-state index is 13.1. The third-order valence-electron chi connectivity index (χ3n) is 4.59. The SMILES string of the molecule is O=c1oc2cc(-c3ccnc4[nH]ncc34)ccc2n1Cc1ccc(F)cc1. The van der Waals surface area contributed by atoms with Gasteiger partial charge in [0.2, 0.25) is 0 Å². The second-order valence-corrected chi connectivity index (χ2v) is 6.25. The van der Waals surface area contributed by atoms with Crippen LogP contribution >= 0.6 is 0 Å². The zero-order valence-electron chi connectivity index (χ0n) is 14.0. The lowest BCUT2D eigenvalue weighted by Crippen LogP contribution is -2.14. The minimum atomic E-state index is -0.449. The second-order valence-electron chi connectivity index (χ2n) is 6.25. The van der Waals surface area contributed by atoms with Crippen LogP contribution < -0.4 is 5.76 Å². The average Bonchev–Trinajstić information content (AvgIpc) is 3.27. The predicted molar refractivity (Wildman–Crippen MR) is 98.9 cm³/mol. The number of oxazole rings is 1. The molecular weight excluding hydrogens is 347 g/mol. The first-order chi connectivity index (χ1) is 13.2. The number of nitrogens with zero attached hydrogens (tertiary/aromatic N) is 3. The van der Waals surface area contributed by atoms with Gasteiger partial charge in [0.25, 0.3) is 0 Å². The number of hydrogen-bond acceptors (Lipinski definition) is 4. The number of rotatable bonds is 3. The number of pyridine rings is 1. The van der Waals surface area contributed by atoms with Crippen LogP contribution in [0, 0.1) is 5.82 Å². The van der Waals surface area contributed by atoms with Gasteiger partial charge in [-0.15, -0.1) is 0 Å². The number of aromatic amines is 1. The summed E-state index contributed by atoms with van der Waals surface area (Å²) in [6.45, 7) is 0.312. The van der Waals surface area contributed by atoms with E-state index in [1.807, 2.05) is 24.3 Å². The fourth-order valence-electron chi connectivity index (χ4n) is 3.26. The summed E-state index contributed by atoms with van der Waals surface area (Å²) >= 11 is 0. The first-order valence-corrected chi connectivity index (χ1v) is 8.35. The number of hydrogen-bond donors (Lipinski definition) is 1. The summed E-state index contributed by atoms with van der Waals surface area (Å²) in [6, 6.07) is 13.6. The standard InChI is InChI=1S/C20H13FN4O2/c21-14-4-1-12(2-5-14)11-25-17-6-3-13(9-18(17)27-20(25)26)15-7-8-22-19-16(15)10-23-24-19/h1-10H,11H2,(H,22,23,24). The van der Waals surface area contributed by atoms with E-state index in [2.05, 4.69) is 15.2 Å². The van der Waals surface area contributed by atoms with Crippen LogP contribution in [0.5, 0.6) is 0 Å². The molecule has 7 heteroatoms. The Morgan fingerprint density at radius 1 is 1.11 bits per heavy atom. The number of fused-ring (bicyclic) bond motifs is 2. The molecule has 5 aromatic rings. The first kappa shape index (κ1) is 15.5. The first-order valence-electron chi connectivity index (χ1n) is 8.35. The Morgan fingerprint density at radius 2 is 1.96 bits per heavy atom. The summed E-state index contributed by atoms with van der Waals surface area (Å²) in [7, 11) is 0. The van der Waals surface area contributed by atoms with Gasteiger partial charge in [0.05, 0.1) is 18.3 Å². The molecule has 0 amide bonds. The van der Waals surface area contributed by atoms with Crippen molar-refractivity contribution in [2.75, 3.05) is 0 Å². The molecule has 1 N–H and O–H groups in total. The molecule has 2 aromatic carbocycles. The molecule has 0 aliphatic rings. The molecule has 0 fully saturated rings. The maximum Gasteiger partial charge on any atom is 0.420 e. The van der Waals surface area contributed by atoms with Crippen LogP contribution in [-0.4, -0.2) is 19.7 Å². The molecule has 27 heavy (non-hydrogen) atoms. The van der Waals surface area contributed by atoms with Gasteiger partial charge in [0, 0.05) is 11.6 Å². The lowest BCUT2D eigenvalue weighted by atomic mass is 10.0. The highest BCUT2D eigenvalue weighted by Gasteiger charge is 2.13. The number of aromatic nitrogens is 4. The van der Waals surface area contributed by atoms with Crippen molar-refractivity contribution in [1.82, 2.24) is 19.7 Å². The molecule has 5 rings (SSSR count). The Bertz CT molecular complexity index is 1330. The fourth-order valence-corrected chi connectivity index (χ4v) is 3.26. The Morgan fingerprint density at radius 3 is 2.81 bits per heavy atom. The number of nitrogens with one attached hydrogen (secondary N) is 1. The molecule has 0 saturated heterocycles. The maximum absolute atomic E-state index is 13.1. The molecule has 0 bridgehead atoms. The van der Waals surface area contributed by atoms with Gasteiger partial charge in [-0.05, 0) is 47.0 Å². The smallest absolute Gasteiger partial charge is 0.408 e. The molecular formula is C20H13FN4O2. The van der Waals surface area contributed by atoms with Crippen molar-refractivity contribution in [2.45, 2.75) is 6.54 Å². The molecule has 0 unspecified atom stereocenters. The monoisotopic (exact) mass is 360 g/mol. The summed E-state index contributed by atoms with van der Waals surface area (Å²) < 4.78 is 20.1. The number of H-pyrrole nitrogens is 1. The van der Waals surface area contributed by atoms with Gasteiger partial charge in [0.1, 0.15) is 5.82 Å². The van der Waals surface area contributed by atoms with Crippen LogP contribution in [0.15, 0.2) is 70.1 Å². The lowest BCUT2D eigenvalue weighted by molar-refractivity contribution is 0.517. The number of halogens is 1. The van der Waals surface area contributed by atoms with Crippen molar-refractivity contribution >= 4 is 22.1 Å². The zero-order valence-corrected chi connectivity index (χ0v) is 14.0. The van der Waals surface area contributed by atoms with Crippen LogP contribution in [0.2, 0.25) is 0 Å². The van der Waals surface area contributed by atoms with Crippen LogP contribution in [-0.2, 0) is 6.54 Å². The summed E-state index contributed by atoms with van der Waals surface area (Å²) in [5, 5.41) is 7.77. The van der Waals surface area contributed by atoms with Gasteiger partial charge in [-0.3, -0.25) is 9.67 Å². The fraction of sp³-hybridized carbons (Fsp3) is 0.0500. The van der Waals surface area contributed by atoms with E-state index >= 15 is 0 Å². The minimum Gasteiger partial charge on any atom is -0.408 e. The van der Waals surface area contributed by atoms with E-state index in [9.17, 15) is 9.18 Å². The van der Waals surface area contributed by atoms with Gasteiger partial charge in [0.15, 0.2) is 11.2 Å². The topological polar surface area (TPSA) is 76.7 Å². The van der Waals surface area contributed by atoms with Gasteiger partial charge in [-0.1, -0.05) is 18.2 Å². The highest BCUT2D eigenvalue weighted by Crippen LogP contribution is 2.29. The van der Waals surface area contributed by atoms with Crippen molar-refractivity contribution in [1.29, 1.82) is 0 Å². The van der Waals surface area contributed by atoms with Gasteiger partial charge in [-0.2, -0.15) is 5.10 Å². The van der Waals surface area contributed by atoms with E-state index in [0.29, 0.717) is 23.3 Å². The Labute approximate surface area is 151 Å². The van der Waals surface area contributed by atoms with Crippen molar-refractivity contribution in [3.8, 4) is 11.1 Å². The van der Waals surface area contributed by atoms with Crippen molar-refractivity contribution in [3.05, 3.63) is 82.9 Å². The summed E-state index contributed by atoms with van der Waals surface area (Å²) in [5.41, 5.74) is 4.55. The summed E-state index contributed by atoms with van der Waals surface area (Å²) in [4.78, 5) is 16.6. The van der Waals surface area contributed by atoms with E-state index in [0.717, 1.165) is 22.1 Å². The molecule has 3 heterocycles. The molecule has 6 nitrogen and oxygen atoms in total. The van der Waals surface area contributed by atoms with Crippen molar-refractivity contribution in [2.24, 2.45) is 0 Å². The second kappa shape index (κ2) is 5.91. The van der Waals surface area contributed by atoms with Crippen LogP contribution in [0.3, 0.4) is 0 Å². The van der Waals surface area contributed by atoms with Gasteiger partial charge >= 0.3 is 5.76 Å². The van der Waals surface area contributed by atoms with Crippen LogP contribution in [0.1, 0.15) is 5.56 Å². The molecule has 0 aliphatic carbocycles. The zero-order chi connectivity index (χ0) is 18.4. The predicted octanol–water partition coefficient (Wildman–Crippen LogP) is 3.72. The largest absolute Gasteiger partial charge is 0.420 e. The van der Waals surface area contributed by atoms with E-state index in [-0.39, 0.29) is 5.82 Å². The van der Waals surface area contributed by atoms with Gasteiger partial charge in [-0.25, -0.2) is 14.2 Å². The highest BCUT2D eigenvalue weighted by molar-refractivity contribution is 5.94. The van der Waals surface area contributed by atoms with E-state index in [4.69, 9.17) is 4.42 Å². The molecule has 3 aromatic heterocycles. The molecule has 0 saturated carbocycles. The molecule has 0 atom stereocenters. The van der Waals surface area contributed by atoms with Gasteiger partial charge < -0.3 is 4.42 Å². The Hall–Kier alpha value is -3.74. The molecule has 0 spiro atoms. The van der Waals surface area contributed by atoms with Crippen LogP contribution in [0.4, 0.5) is 4.39 Å². The van der Waals surface area contributed by atoms with E-state index in [1.54, 1.807) is 24.5 Å². The minimum absolute atomic E-state index is 0.310. The third kappa shape index (κ3) is 2.60. The summed E-state index contributed by atoms with van der Waals surface area (Å²) in [5.74, 6) is -0.759. The normalized spacial score (nSPS) is 11.4. The van der Waals surface area contributed by atoms with E-state index in [1.165, 1.54) is 16.7 Å². The molecule has 0 aliphatic heterocycles. The highest BCUT2D eigenvalue weighted by atomic mass is 19.1.